The second-order valence-electron chi connectivity index (χ2n) is 8.31. The molecule has 4 rings (SSSR count). The molecule has 2 aromatic heterocycles. The van der Waals surface area contributed by atoms with E-state index in [9.17, 15) is 9.59 Å². The van der Waals surface area contributed by atoms with Crippen LogP contribution in [0.5, 0.6) is 11.5 Å². The van der Waals surface area contributed by atoms with Crippen LogP contribution in [-0.4, -0.2) is 47.5 Å². The van der Waals surface area contributed by atoms with Crippen LogP contribution in [0.2, 0.25) is 0 Å². The van der Waals surface area contributed by atoms with Crippen LogP contribution in [0.15, 0.2) is 42.6 Å². The molecule has 0 spiro atoms. The number of aromatic nitrogens is 3. The molecule has 9 heteroatoms. The predicted octanol–water partition coefficient (Wildman–Crippen LogP) is 4.79. The Hall–Kier alpha value is -4.40. The summed E-state index contributed by atoms with van der Waals surface area (Å²) in [4.78, 5) is 31.0. The second-order valence-corrected chi connectivity index (χ2v) is 8.31. The smallest absolute Gasteiger partial charge is 0.343 e. The number of anilines is 1. The Labute approximate surface area is 209 Å². The molecule has 0 unspecified atom stereocenters. The van der Waals surface area contributed by atoms with Gasteiger partial charge >= 0.3 is 5.97 Å². The molecule has 4 aromatic rings. The first-order valence-corrected chi connectivity index (χ1v) is 11.5. The Bertz CT molecular complexity index is 1450. The Morgan fingerprint density at radius 2 is 1.69 bits per heavy atom. The number of benzene rings is 2. The summed E-state index contributed by atoms with van der Waals surface area (Å²) in [6, 6.07) is 11.0. The van der Waals surface area contributed by atoms with Crippen LogP contribution >= 0.6 is 0 Å². The number of nitrogens with one attached hydrogen (secondary N) is 1. The number of hydrogen-bond acceptors (Lipinski definition) is 7. The van der Waals surface area contributed by atoms with E-state index in [1.165, 1.54) is 25.1 Å². The third-order valence-electron chi connectivity index (χ3n) is 5.81. The van der Waals surface area contributed by atoms with Crippen molar-refractivity contribution in [2.75, 3.05) is 26.1 Å². The van der Waals surface area contributed by atoms with Gasteiger partial charge in [-0.2, -0.15) is 9.78 Å². The molecule has 2 aromatic carbocycles. The molecule has 2 heterocycles. The van der Waals surface area contributed by atoms with Gasteiger partial charge in [0.05, 0.1) is 32.5 Å². The summed E-state index contributed by atoms with van der Waals surface area (Å²) in [6.45, 7) is 7.90. The standard InChI is InChI=1S/C27H28N4O5/c1-7-36-27(33)19-14-28-31(22-13-16(3)18-12-15(2)11-17(4)24(18)29-22)25(19)30-26(32)23-20(34-5)9-8-10-21(23)35-6/h8-14H,7H2,1-6H3,(H,30,32). The van der Waals surface area contributed by atoms with Crippen LogP contribution in [0.25, 0.3) is 16.7 Å². The summed E-state index contributed by atoms with van der Waals surface area (Å²) in [5.41, 5.74) is 4.22. The number of ether oxygens (including phenoxy) is 3. The topological polar surface area (TPSA) is 105 Å². The van der Waals surface area contributed by atoms with Crippen molar-refractivity contribution in [2.24, 2.45) is 0 Å². The van der Waals surface area contributed by atoms with Crippen molar-refractivity contribution in [3.05, 3.63) is 70.4 Å². The second kappa shape index (κ2) is 10.1. The highest BCUT2D eigenvalue weighted by Gasteiger charge is 2.26. The van der Waals surface area contributed by atoms with Crippen molar-refractivity contribution in [2.45, 2.75) is 27.7 Å². The minimum atomic E-state index is -0.615. The van der Waals surface area contributed by atoms with Gasteiger partial charge in [-0.05, 0) is 63.1 Å². The molecule has 0 fully saturated rings. The molecule has 0 atom stereocenters. The van der Waals surface area contributed by atoms with Gasteiger partial charge < -0.3 is 19.5 Å². The van der Waals surface area contributed by atoms with Crippen molar-refractivity contribution in [1.29, 1.82) is 0 Å². The molecular formula is C27H28N4O5. The fraction of sp³-hybridized carbons (Fsp3) is 0.259. The molecule has 186 valence electrons. The van der Waals surface area contributed by atoms with Crippen molar-refractivity contribution in [1.82, 2.24) is 14.8 Å². The Balaban J connectivity index is 1.88. The highest BCUT2D eigenvalue weighted by atomic mass is 16.5. The van der Waals surface area contributed by atoms with Crippen LogP contribution in [-0.2, 0) is 4.74 Å². The van der Waals surface area contributed by atoms with E-state index in [0.717, 1.165) is 27.6 Å². The largest absolute Gasteiger partial charge is 0.496 e. The van der Waals surface area contributed by atoms with Crippen LogP contribution in [0.3, 0.4) is 0 Å². The summed E-state index contributed by atoms with van der Waals surface area (Å²) in [5.74, 6) is 0.0611. The maximum atomic E-state index is 13.5. The number of fused-ring (bicyclic) bond motifs is 1. The molecule has 36 heavy (non-hydrogen) atoms. The fourth-order valence-electron chi connectivity index (χ4n) is 4.18. The van der Waals surface area contributed by atoms with E-state index < -0.39 is 11.9 Å². The van der Waals surface area contributed by atoms with Gasteiger partial charge in [-0.1, -0.05) is 17.7 Å². The Kier molecular flexibility index (Phi) is 6.91. The molecule has 0 aliphatic heterocycles. The number of nitrogens with zero attached hydrogens (tertiary/aromatic N) is 3. The van der Waals surface area contributed by atoms with Crippen molar-refractivity contribution in [3.8, 4) is 17.3 Å². The predicted molar refractivity (Wildman–Crippen MR) is 137 cm³/mol. The average Bonchev–Trinajstić information content (AvgIpc) is 3.27. The van der Waals surface area contributed by atoms with Crippen molar-refractivity contribution < 1.29 is 23.8 Å². The van der Waals surface area contributed by atoms with Gasteiger partial charge in [0.15, 0.2) is 11.6 Å². The lowest BCUT2D eigenvalue weighted by Gasteiger charge is -2.15. The SMILES string of the molecule is CCOC(=O)c1cnn(-c2cc(C)c3cc(C)cc(C)c3n2)c1NC(=O)c1c(OC)cccc1OC. The Morgan fingerprint density at radius 1 is 1.00 bits per heavy atom. The van der Waals surface area contributed by atoms with Crippen molar-refractivity contribution >= 4 is 28.6 Å². The zero-order valence-electron chi connectivity index (χ0n) is 21.1. The maximum absolute atomic E-state index is 13.5. The molecule has 0 radical (unpaired) electrons. The highest BCUT2D eigenvalue weighted by Crippen LogP contribution is 2.31. The average molecular weight is 489 g/mol. The van der Waals surface area contributed by atoms with E-state index in [4.69, 9.17) is 19.2 Å². The van der Waals surface area contributed by atoms with Gasteiger partial charge in [0, 0.05) is 5.39 Å². The number of aryl methyl sites for hydroxylation is 3. The summed E-state index contributed by atoms with van der Waals surface area (Å²) >= 11 is 0. The van der Waals surface area contributed by atoms with Gasteiger partial charge in [-0.25, -0.2) is 9.78 Å². The molecule has 0 aliphatic carbocycles. The van der Waals surface area contributed by atoms with Gasteiger partial charge in [-0.15, -0.1) is 0 Å². The minimum absolute atomic E-state index is 0.0965. The summed E-state index contributed by atoms with van der Waals surface area (Å²) in [5, 5.41) is 8.23. The Morgan fingerprint density at radius 3 is 2.33 bits per heavy atom. The molecule has 0 bridgehead atoms. The lowest BCUT2D eigenvalue weighted by atomic mass is 10.0. The lowest BCUT2D eigenvalue weighted by molar-refractivity contribution is 0.0527. The van der Waals surface area contributed by atoms with E-state index in [2.05, 4.69) is 22.5 Å². The summed E-state index contributed by atoms with van der Waals surface area (Å²) in [7, 11) is 2.93. The molecule has 1 amide bonds. The van der Waals surface area contributed by atoms with Gasteiger partial charge in [0.2, 0.25) is 0 Å². The lowest BCUT2D eigenvalue weighted by Crippen LogP contribution is -2.20. The van der Waals surface area contributed by atoms with Crippen molar-refractivity contribution in [3.63, 3.8) is 0 Å². The number of esters is 1. The summed E-state index contributed by atoms with van der Waals surface area (Å²) < 4.78 is 17.4. The van der Waals surface area contributed by atoms with E-state index in [0.29, 0.717) is 17.3 Å². The summed E-state index contributed by atoms with van der Waals surface area (Å²) in [6.07, 6.45) is 1.36. The number of carbonyl (C=O) groups excluding carboxylic acids is 2. The molecule has 0 aliphatic rings. The van der Waals surface area contributed by atoms with Crippen LogP contribution < -0.4 is 14.8 Å². The molecule has 1 N–H and O–H groups in total. The van der Waals surface area contributed by atoms with E-state index in [1.807, 2.05) is 26.8 Å². The van der Waals surface area contributed by atoms with E-state index in [-0.39, 0.29) is 23.6 Å². The van der Waals surface area contributed by atoms with Crippen LogP contribution in [0.1, 0.15) is 44.3 Å². The normalized spacial score (nSPS) is 10.8. The fourth-order valence-corrected chi connectivity index (χ4v) is 4.18. The minimum Gasteiger partial charge on any atom is -0.496 e. The first-order valence-electron chi connectivity index (χ1n) is 11.5. The molecule has 0 saturated heterocycles. The van der Waals surface area contributed by atoms with Gasteiger partial charge in [-0.3, -0.25) is 4.79 Å². The highest BCUT2D eigenvalue weighted by molar-refractivity contribution is 6.10. The third kappa shape index (κ3) is 4.47. The monoisotopic (exact) mass is 488 g/mol. The van der Waals surface area contributed by atoms with E-state index >= 15 is 0 Å². The maximum Gasteiger partial charge on any atom is 0.343 e. The number of carbonyl (C=O) groups is 2. The van der Waals surface area contributed by atoms with Gasteiger partial charge in [0.25, 0.3) is 5.91 Å². The third-order valence-corrected chi connectivity index (χ3v) is 5.81. The number of hydrogen-bond donors (Lipinski definition) is 1. The molecule has 0 saturated carbocycles. The quantitative estimate of drug-likeness (QED) is 0.373. The molecular weight excluding hydrogens is 460 g/mol. The number of rotatable bonds is 7. The van der Waals surface area contributed by atoms with E-state index in [1.54, 1.807) is 25.1 Å². The first kappa shape index (κ1) is 24.7. The zero-order valence-corrected chi connectivity index (χ0v) is 21.1. The van der Waals surface area contributed by atoms with Crippen LogP contribution in [0, 0.1) is 20.8 Å². The van der Waals surface area contributed by atoms with Gasteiger partial charge in [0.1, 0.15) is 22.6 Å². The molecule has 9 nitrogen and oxygen atoms in total. The number of pyridine rings is 1. The zero-order chi connectivity index (χ0) is 26.0. The van der Waals surface area contributed by atoms with Crippen LogP contribution in [0.4, 0.5) is 5.82 Å². The first-order chi connectivity index (χ1) is 17.3. The number of amides is 1. The number of methoxy groups -OCH3 is 2.